The lowest BCUT2D eigenvalue weighted by Crippen LogP contribution is -2.50. The SMILES string of the molecule is CC[C@H](C)[C@H](CC(=O)[C@H]1CCCCN1C(=O)CCCS)C(=O)N(C)[C@H](C[C@@H](OC(C)=O)c1nc(C(=O)N[C@@H](Cc2ccccc2)C2OC2(C)C(=O)NCC(=O)O)cs1)C(C)C. The van der Waals surface area contributed by atoms with Crippen LogP contribution in [0, 0.1) is 17.8 Å². The lowest BCUT2D eigenvalue weighted by atomic mass is 9.82. The van der Waals surface area contributed by atoms with Gasteiger partial charge in [-0.1, -0.05) is 64.4 Å². The number of nitrogens with one attached hydrogen (secondary N) is 2. The highest BCUT2D eigenvalue weighted by atomic mass is 32.1. The number of carboxylic acid groups (broad SMARTS) is 1. The third-order valence-corrected chi connectivity index (χ3v) is 13.2. The molecule has 0 aliphatic carbocycles. The number of thiazole rings is 1. The molecule has 0 spiro atoms. The van der Waals surface area contributed by atoms with E-state index < -0.39 is 72.2 Å². The number of aromatic nitrogens is 1. The molecule has 1 aromatic carbocycles. The molecule has 61 heavy (non-hydrogen) atoms. The van der Waals surface area contributed by atoms with Crippen molar-refractivity contribution in [3.8, 4) is 0 Å². The van der Waals surface area contributed by atoms with E-state index in [1.165, 1.54) is 6.92 Å². The van der Waals surface area contributed by atoms with Gasteiger partial charge in [0.05, 0.1) is 12.1 Å². The number of Topliss-reactive ketones (excluding diaryl/α,β-unsaturated/α-hetero) is 1. The summed E-state index contributed by atoms with van der Waals surface area (Å²) in [5, 5.41) is 16.3. The van der Waals surface area contributed by atoms with Crippen molar-refractivity contribution in [2.24, 2.45) is 17.8 Å². The van der Waals surface area contributed by atoms with E-state index in [2.05, 4.69) is 28.2 Å². The Labute approximate surface area is 368 Å². The second kappa shape index (κ2) is 22.7. The molecule has 0 saturated carbocycles. The van der Waals surface area contributed by atoms with Crippen LogP contribution in [0.2, 0.25) is 0 Å². The van der Waals surface area contributed by atoms with Gasteiger partial charge in [-0.2, -0.15) is 12.6 Å². The molecular weight excluding hydrogens is 823 g/mol. The Morgan fingerprint density at radius 3 is 2.44 bits per heavy atom. The summed E-state index contributed by atoms with van der Waals surface area (Å²) in [6, 6.07) is 7.60. The van der Waals surface area contributed by atoms with Crippen LogP contribution in [-0.4, -0.2) is 117 Å². The van der Waals surface area contributed by atoms with Gasteiger partial charge in [0, 0.05) is 57.1 Å². The fourth-order valence-corrected chi connectivity index (χ4v) is 9.12. The second-order valence-corrected chi connectivity index (χ2v) is 18.1. The predicted molar refractivity (Wildman–Crippen MR) is 233 cm³/mol. The Bertz CT molecular complexity index is 1860. The van der Waals surface area contributed by atoms with Crippen molar-refractivity contribution in [3.63, 3.8) is 0 Å². The highest BCUT2D eigenvalue weighted by Gasteiger charge is 2.62. The quantitative estimate of drug-likeness (QED) is 0.0662. The van der Waals surface area contributed by atoms with E-state index >= 15 is 0 Å². The molecule has 336 valence electrons. The minimum atomic E-state index is -1.37. The molecule has 2 aliphatic rings. The predicted octanol–water partition coefficient (Wildman–Crippen LogP) is 5.03. The molecule has 0 radical (unpaired) electrons. The third kappa shape index (κ3) is 13.3. The first kappa shape index (κ1) is 49.3. The number of benzene rings is 1. The number of hydrogen-bond donors (Lipinski definition) is 4. The Morgan fingerprint density at radius 2 is 1.82 bits per heavy atom. The number of carbonyl (C=O) groups excluding carboxylic acids is 6. The molecule has 2 aromatic rings. The smallest absolute Gasteiger partial charge is 0.322 e. The summed E-state index contributed by atoms with van der Waals surface area (Å²) in [4.78, 5) is 99.8. The number of carbonyl (C=O) groups is 7. The molecule has 2 unspecified atom stereocenters. The average molecular weight is 886 g/mol. The summed E-state index contributed by atoms with van der Waals surface area (Å²) >= 11 is 5.37. The van der Waals surface area contributed by atoms with Crippen molar-refractivity contribution < 1.29 is 48.1 Å². The normalized spacial score (nSPS) is 21.0. The van der Waals surface area contributed by atoms with Gasteiger partial charge in [-0.05, 0) is 62.2 Å². The van der Waals surface area contributed by atoms with E-state index in [0.717, 1.165) is 29.7 Å². The summed E-state index contributed by atoms with van der Waals surface area (Å²) in [7, 11) is 1.70. The van der Waals surface area contributed by atoms with Gasteiger partial charge in [0.15, 0.2) is 17.5 Å². The first-order chi connectivity index (χ1) is 28.9. The van der Waals surface area contributed by atoms with Crippen molar-refractivity contribution >= 4 is 65.3 Å². The van der Waals surface area contributed by atoms with Gasteiger partial charge < -0.3 is 35.0 Å². The molecule has 17 heteroatoms. The zero-order valence-electron chi connectivity index (χ0n) is 36.4. The minimum absolute atomic E-state index is 0.00561. The van der Waals surface area contributed by atoms with E-state index in [-0.39, 0.29) is 48.0 Å². The fourth-order valence-electron chi connectivity index (χ4n) is 8.12. The maximum absolute atomic E-state index is 14.5. The van der Waals surface area contributed by atoms with Gasteiger partial charge in [0.25, 0.3) is 11.8 Å². The van der Waals surface area contributed by atoms with Crippen LogP contribution in [0.1, 0.15) is 120 Å². The van der Waals surface area contributed by atoms with Crippen LogP contribution in [0.5, 0.6) is 0 Å². The number of esters is 1. The molecule has 3 heterocycles. The van der Waals surface area contributed by atoms with Gasteiger partial charge in [-0.3, -0.25) is 33.6 Å². The van der Waals surface area contributed by atoms with Crippen LogP contribution >= 0.6 is 24.0 Å². The van der Waals surface area contributed by atoms with Crippen LogP contribution in [0.15, 0.2) is 35.7 Å². The van der Waals surface area contributed by atoms with Crippen LogP contribution in [0.3, 0.4) is 0 Å². The van der Waals surface area contributed by atoms with Crippen molar-refractivity contribution in [1.82, 2.24) is 25.4 Å². The van der Waals surface area contributed by atoms with E-state index in [9.17, 15) is 33.6 Å². The summed E-state index contributed by atoms with van der Waals surface area (Å²) in [5.74, 6) is -3.59. The highest BCUT2D eigenvalue weighted by Crippen LogP contribution is 2.40. The van der Waals surface area contributed by atoms with Gasteiger partial charge in [0.1, 0.15) is 23.4 Å². The highest BCUT2D eigenvalue weighted by molar-refractivity contribution is 7.80. The summed E-state index contributed by atoms with van der Waals surface area (Å²) in [6.07, 6.45) is 2.66. The average Bonchev–Trinajstić information content (AvgIpc) is 3.68. The number of thiol groups is 1. The number of aliphatic carboxylic acids is 1. The number of epoxide rings is 1. The largest absolute Gasteiger partial charge is 0.480 e. The van der Waals surface area contributed by atoms with E-state index in [0.29, 0.717) is 49.4 Å². The Kier molecular flexibility index (Phi) is 18.3. The summed E-state index contributed by atoms with van der Waals surface area (Å²) in [5.41, 5.74) is -0.447. The first-order valence-corrected chi connectivity index (χ1v) is 22.8. The van der Waals surface area contributed by atoms with Gasteiger partial charge in [0.2, 0.25) is 11.8 Å². The molecule has 2 fully saturated rings. The topological polar surface area (TPSA) is 205 Å². The van der Waals surface area contributed by atoms with E-state index in [1.807, 2.05) is 58.0 Å². The minimum Gasteiger partial charge on any atom is -0.480 e. The molecule has 15 nitrogen and oxygen atoms in total. The number of likely N-dealkylation sites (tertiary alicyclic amines) is 1. The molecule has 2 saturated heterocycles. The number of ether oxygens (including phenoxy) is 2. The maximum atomic E-state index is 14.5. The zero-order valence-corrected chi connectivity index (χ0v) is 38.1. The summed E-state index contributed by atoms with van der Waals surface area (Å²) < 4.78 is 11.6. The maximum Gasteiger partial charge on any atom is 0.322 e. The Morgan fingerprint density at radius 1 is 1.11 bits per heavy atom. The van der Waals surface area contributed by atoms with Crippen molar-refractivity contribution in [2.45, 2.75) is 135 Å². The molecule has 3 N–H and O–H groups in total. The monoisotopic (exact) mass is 885 g/mol. The van der Waals surface area contributed by atoms with Crippen LogP contribution < -0.4 is 10.6 Å². The fraction of sp³-hybridized carbons (Fsp3) is 0.636. The number of amides is 4. The number of carboxylic acids is 1. The van der Waals surface area contributed by atoms with Crippen LogP contribution in [0.25, 0.3) is 0 Å². The Balaban J connectivity index is 1.52. The lowest BCUT2D eigenvalue weighted by molar-refractivity contribution is -0.149. The van der Waals surface area contributed by atoms with E-state index in [1.54, 1.807) is 29.2 Å². The molecule has 2 aliphatic heterocycles. The number of hydrogen-bond acceptors (Lipinski definition) is 12. The second-order valence-electron chi connectivity index (χ2n) is 16.7. The number of nitrogens with zero attached hydrogens (tertiary/aromatic N) is 3. The van der Waals surface area contributed by atoms with Gasteiger partial charge in [-0.15, -0.1) is 11.3 Å². The Hall–Kier alpha value is -4.35. The number of piperidine rings is 1. The standard InChI is InChI=1S/C44H63N5O10S2/c1-8-27(4)30(22-35(51)33-17-12-13-19-49(33)37(52)18-14-20-60)42(56)48(7)34(26(2)3)23-36(58-28(5)50)41-47-32(25-61-41)40(55)46-31(21-29-15-10-9-11-16-29)39-44(6,59-39)43(57)45-24-38(53)54/h9-11,15-16,25-27,30-31,33-34,36,39,60H,8,12-14,17-24H2,1-7H3,(H,45,57)(H,46,55)(H,53,54)/t27-,30-,31-,33+,34+,36+,39?,44?/m0/s1. The number of rotatable bonds is 23. The molecule has 4 rings (SSSR count). The lowest BCUT2D eigenvalue weighted by Gasteiger charge is -2.38. The van der Waals surface area contributed by atoms with Crippen LogP contribution in [-0.2, 0) is 44.7 Å². The summed E-state index contributed by atoms with van der Waals surface area (Å²) in [6.45, 7) is 10.6. The third-order valence-electron chi connectivity index (χ3n) is 11.9. The molecular formula is C44H63N5O10S2. The molecule has 4 amide bonds. The van der Waals surface area contributed by atoms with E-state index in [4.69, 9.17) is 14.6 Å². The van der Waals surface area contributed by atoms with Crippen molar-refractivity contribution in [2.75, 3.05) is 25.9 Å². The van der Waals surface area contributed by atoms with Crippen molar-refractivity contribution in [1.29, 1.82) is 0 Å². The molecule has 8 atom stereocenters. The van der Waals surface area contributed by atoms with Crippen LogP contribution in [0.4, 0.5) is 0 Å². The van der Waals surface area contributed by atoms with Gasteiger partial charge >= 0.3 is 11.9 Å². The number of ketones is 1. The first-order valence-electron chi connectivity index (χ1n) is 21.3. The van der Waals surface area contributed by atoms with Gasteiger partial charge in [-0.25, -0.2) is 4.98 Å². The zero-order chi connectivity index (χ0) is 45.0. The molecule has 0 bridgehead atoms. The van der Waals surface area contributed by atoms with Crippen molar-refractivity contribution in [3.05, 3.63) is 52.0 Å². The molecule has 1 aromatic heterocycles.